The van der Waals surface area contributed by atoms with Gasteiger partial charge in [-0.1, -0.05) is 172 Å². The summed E-state index contributed by atoms with van der Waals surface area (Å²) in [6.07, 6.45) is 4.77. The van der Waals surface area contributed by atoms with E-state index in [9.17, 15) is 0 Å². The van der Waals surface area contributed by atoms with E-state index in [1.807, 2.05) is 0 Å². The van der Waals surface area contributed by atoms with Crippen molar-refractivity contribution in [1.29, 1.82) is 0 Å². The zero-order valence-corrected chi connectivity index (χ0v) is 34.2. The normalized spacial score (nSPS) is 11.9. The predicted molar refractivity (Wildman–Crippen MR) is 233 cm³/mol. The first-order valence-electron chi connectivity index (χ1n) is 18.5. The summed E-state index contributed by atoms with van der Waals surface area (Å²) in [6, 6.07) is 56.4. The van der Waals surface area contributed by atoms with Crippen LogP contribution in [-0.4, -0.2) is 4.64 Å². The number of benzene rings is 6. The third kappa shape index (κ3) is 7.58. The molecule has 0 bridgehead atoms. The van der Waals surface area contributed by atoms with Gasteiger partial charge < -0.3 is 0 Å². The van der Waals surface area contributed by atoms with Crippen molar-refractivity contribution >= 4 is 55.6 Å². The van der Waals surface area contributed by atoms with E-state index in [-0.39, 0.29) is 4.64 Å². The van der Waals surface area contributed by atoms with Crippen LogP contribution in [0.25, 0.3) is 0 Å². The molecule has 0 spiro atoms. The van der Waals surface area contributed by atoms with E-state index in [1.165, 1.54) is 84.5 Å². The lowest BCUT2D eigenvalue weighted by Crippen LogP contribution is -2.44. The highest BCUT2D eigenvalue weighted by Crippen LogP contribution is 2.80. The molecule has 6 aromatic rings. The fourth-order valence-corrected chi connectivity index (χ4v) is 22.2. The first-order valence-corrected chi connectivity index (χ1v) is 22.6. The van der Waals surface area contributed by atoms with Gasteiger partial charge in [-0.25, -0.2) is 0 Å². The molecule has 0 amide bonds. The zero-order valence-electron chi connectivity index (χ0n) is 31.5. The summed E-state index contributed by atoms with van der Waals surface area (Å²) >= 11 is 0. The second-order valence-corrected chi connectivity index (χ2v) is 22.2. The van der Waals surface area contributed by atoms with Crippen LogP contribution < -0.4 is 31.8 Å². The van der Waals surface area contributed by atoms with Crippen LogP contribution in [0.15, 0.2) is 146 Å². The molecule has 0 saturated heterocycles. The molecule has 51 heavy (non-hydrogen) atoms. The number of hydrogen-bond acceptors (Lipinski definition) is 0. The molecular weight excluding hydrogens is 669 g/mol. The van der Waals surface area contributed by atoms with Gasteiger partial charge in [0.2, 0.25) is 0 Å². The van der Waals surface area contributed by atoms with Crippen molar-refractivity contribution in [3.05, 3.63) is 179 Å². The van der Waals surface area contributed by atoms with Crippen molar-refractivity contribution in [3.63, 3.8) is 0 Å². The van der Waals surface area contributed by atoms with Gasteiger partial charge in [0, 0.05) is 0 Å². The molecule has 0 aromatic heterocycles. The molecule has 0 aliphatic heterocycles. The largest absolute Gasteiger partial charge is 0.0654 e. The number of unbranched alkanes of at least 4 members (excludes halogenated alkanes) is 2. The van der Waals surface area contributed by atoms with Gasteiger partial charge in [0.15, 0.2) is 0 Å². The molecule has 0 fully saturated rings. The molecule has 6 aromatic carbocycles. The van der Waals surface area contributed by atoms with E-state index in [4.69, 9.17) is 0 Å². The molecule has 0 radical (unpaired) electrons. The summed E-state index contributed by atoms with van der Waals surface area (Å²) in [5.74, 6) is 0. The average molecular weight is 723 g/mol. The smallest absolute Gasteiger partial charge is 0.0546 e. The number of rotatable bonds is 13. The molecule has 6 rings (SSSR count). The SMILES string of the molecule is CCCCCC(P(c1ccccc1C)c1ccccc1C)(P(c1ccccc1C)c1ccccc1C)P(c1ccccc1C)c1ccccc1C. The van der Waals surface area contributed by atoms with E-state index in [1.54, 1.807) is 0 Å². The first kappa shape index (κ1) is 37.4. The Bertz CT molecular complexity index is 1710. The summed E-state index contributed by atoms with van der Waals surface area (Å²) in [6.45, 7) is 16.6. The first-order chi connectivity index (χ1) is 24.8. The van der Waals surface area contributed by atoms with Crippen LogP contribution >= 0.6 is 23.8 Å². The summed E-state index contributed by atoms with van der Waals surface area (Å²) in [5, 5.41) is 9.18. The molecule has 0 atom stereocenters. The van der Waals surface area contributed by atoms with E-state index in [0.717, 1.165) is 6.42 Å². The molecule has 0 heterocycles. The second-order valence-electron chi connectivity index (χ2n) is 14.0. The highest BCUT2D eigenvalue weighted by Gasteiger charge is 2.55. The van der Waals surface area contributed by atoms with Crippen LogP contribution in [0.3, 0.4) is 0 Å². The van der Waals surface area contributed by atoms with Crippen LogP contribution in [0.5, 0.6) is 0 Å². The van der Waals surface area contributed by atoms with Crippen LogP contribution in [0.4, 0.5) is 0 Å². The topological polar surface area (TPSA) is 0 Å². The summed E-state index contributed by atoms with van der Waals surface area (Å²) < 4.78 is -0.135. The van der Waals surface area contributed by atoms with Gasteiger partial charge >= 0.3 is 0 Å². The van der Waals surface area contributed by atoms with Crippen molar-refractivity contribution in [3.8, 4) is 0 Å². The van der Waals surface area contributed by atoms with Crippen LogP contribution in [0.2, 0.25) is 0 Å². The Labute approximate surface area is 312 Å². The molecule has 0 nitrogen and oxygen atoms in total. The molecule has 0 unspecified atom stereocenters. The Balaban J connectivity index is 1.93. The van der Waals surface area contributed by atoms with Gasteiger partial charge in [-0.3, -0.25) is 0 Å². The maximum absolute atomic E-state index is 2.49. The summed E-state index contributed by atoms with van der Waals surface area (Å²) in [4.78, 5) is 0. The van der Waals surface area contributed by atoms with Gasteiger partial charge in [-0.05, 0) is 137 Å². The Hall–Kier alpha value is -3.39. The predicted octanol–water partition coefficient (Wildman–Crippen LogP) is 11.5. The molecule has 0 N–H and O–H groups in total. The minimum atomic E-state index is -0.922. The molecule has 0 aliphatic rings. The van der Waals surface area contributed by atoms with E-state index in [0.29, 0.717) is 0 Å². The van der Waals surface area contributed by atoms with E-state index in [2.05, 4.69) is 194 Å². The summed E-state index contributed by atoms with van der Waals surface area (Å²) in [7, 11) is -2.77. The highest BCUT2D eigenvalue weighted by molar-refractivity contribution is 8.05. The Morgan fingerprint density at radius 1 is 0.333 bits per heavy atom. The lowest BCUT2D eigenvalue weighted by molar-refractivity contribution is 0.680. The van der Waals surface area contributed by atoms with Crippen molar-refractivity contribution < 1.29 is 0 Å². The number of hydrogen-bond donors (Lipinski definition) is 0. The fourth-order valence-electron chi connectivity index (χ4n) is 7.68. The van der Waals surface area contributed by atoms with Crippen LogP contribution in [0, 0.1) is 41.5 Å². The van der Waals surface area contributed by atoms with Gasteiger partial charge in [-0.2, -0.15) is 0 Å². The summed E-state index contributed by atoms with van der Waals surface area (Å²) in [5.41, 5.74) is 8.42. The van der Waals surface area contributed by atoms with Gasteiger partial charge in [0.25, 0.3) is 0 Å². The molecular formula is C48H53P3. The molecule has 0 saturated carbocycles. The van der Waals surface area contributed by atoms with E-state index < -0.39 is 23.8 Å². The zero-order chi connectivity index (χ0) is 36.0. The molecule has 0 aliphatic carbocycles. The van der Waals surface area contributed by atoms with E-state index >= 15 is 0 Å². The van der Waals surface area contributed by atoms with Gasteiger partial charge in [0.05, 0.1) is 4.64 Å². The van der Waals surface area contributed by atoms with Crippen molar-refractivity contribution in [1.82, 2.24) is 0 Å². The second kappa shape index (κ2) is 17.0. The Morgan fingerprint density at radius 2 is 0.549 bits per heavy atom. The standard InChI is InChI=1S/C48H53P3/c1-8-9-22-35-48(49(42-29-16-10-23-36(42)2)43-30-17-11-24-37(43)3,50(44-31-18-12-25-38(44)4)45-32-19-13-26-39(45)5)51(46-33-20-14-27-40(46)6)47-34-21-15-28-41(47)7/h10-21,23-34H,8-9,22,35H2,1-7H3. The van der Waals surface area contributed by atoms with Crippen LogP contribution in [0.1, 0.15) is 66.0 Å². The van der Waals surface area contributed by atoms with Crippen LogP contribution in [-0.2, 0) is 0 Å². The fraction of sp³-hybridized carbons (Fsp3) is 0.250. The third-order valence-corrected chi connectivity index (χ3v) is 22.6. The lowest BCUT2D eigenvalue weighted by Gasteiger charge is -2.54. The maximum atomic E-state index is 2.49. The Morgan fingerprint density at radius 3 is 0.745 bits per heavy atom. The maximum Gasteiger partial charge on any atom is 0.0546 e. The minimum absolute atomic E-state index is 0.135. The van der Waals surface area contributed by atoms with Gasteiger partial charge in [0.1, 0.15) is 0 Å². The van der Waals surface area contributed by atoms with Crippen molar-refractivity contribution in [2.75, 3.05) is 0 Å². The Kier molecular flexibility index (Phi) is 12.4. The molecule has 260 valence electrons. The van der Waals surface area contributed by atoms with Crippen molar-refractivity contribution in [2.45, 2.75) is 78.8 Å². The number of aryl methyl sites for hydroxylation is 6. The minimum Gasteiger partial charge on any atom is -0.0654 e. The van der Waals surface area contributed by atoms with Crippen molar-refractivity contribution in [2.24, 2.45) is 0 Å². The average Bonchev–Trinajstić information content (AvgIpc) is 3.13. The quantitative estimate of drug-likeness (QED) is 0.0822. The lowest BCUT2D eigenvalue weighted by atomic mass is 10.2. The van der Waals surface area contributed by atoms with Gasteiger partial charge in [-0.15, -0.1) is 0 Å². The monoisotopic (exact) mass is 722 g/mol. The molecule has 3 heteroatoms. The highest BCUT2D eigenvalue weighted by atomic mass is 31.2. The third-order valence-electron chi connectivity index (χ3n) is 10.3.